The maximum Gasteiger partial charge on any atom is 0.316 e. The number of aryl methyl sites for hydroxylation is 2. The second-order valence-electron chi connectivity index (χ2n) is 7.44. The van der Waals surface area contributed by atoms with Crippen molar-refractivity contribution in [2.24, 2.45) is 5.92 Å². The molecule has 1 spiro atoms. The summed E-state index contributed by atoms with van der Waals surface area (Å²) < 4.78 is 16.9. The summed E-state index contributed by atoms with van der Waals surface area (Å²) in [5, 5.41) is 0. The Kier molecular flexibility index (Phi) is 4.82. The van der Waals surface area contributed by atoms with Crippen LogP contribution in [0.4, 0.5) is 0 Å². The molecule has 4 heterocycles. The average Bonchev–Trinajstić information content (AvgIpc) is 3.05. The van der Waals surface area contributed by atoms with Crippen LogP contribution in [-0.2, 0) is 4.74 Å². The summed E-state index contributed by atoms with van der Waals surface area (Å²) in [4.78, 5) is 26.6. The second kappa shape index (κ2) is 7.26. The molecule has 2 aromatic rings. The Labute approximate surface area is 157 Å². The molecule has 2 fully saturated rings. The zero-order valence-electron chi connectivity index (χ0n) is 15.7. The lowest BCUT2D eigenvalue weighted by molar-refractivity contribution is -0.167. The van der Waals surface area contributed by atoms with Crippen molar-refractivity contribution in [3.8, 4) is 6.01 Å². The van der Waals surface area contributed by atoms with Crippen LogP contribution in [-0.4, -0.2) is 57.7 Å². The molecular formula is C19H24N4O4. The number of likely N-dealkylation sites (tertiary alicyclic amines) is 1. The Hall–Kier alpha value is -2.48. The topological polar surface area (TPSA) is 90.6 Å². The first-order valence-electron chi connectivity index (χ1n) is 9.30. The summed E-state index contributed by atoms with van der Waals surface area (Å²) >= 11 is 0. The van der Waals surface area contributed by atoms with E-state index in [1.807, 2.05) is 13.0 Å². The Morgan fingerprint density at radius 1 is 1.37 bits per heavy atom. The first-order valence-corrected chi connectivity index (χ1v) is 9.30. The zero-order valence-corrected chi connectivity index (χ0v) is 15.7. The molecule has 1 unspecified atom stereocenters. The highest BCUT2D eigenvalue weighted by Crippen LogP contribution is 2.38. The maximum atomic E-state index is 12.5. The van der Waals surface area contributed by atoms with Crippen molar-refractivity contribution in [1.82, 2.24) is 19.9 Å². The third-order valence-corrected chi connectivity index (χ3v) is 5.31. The van der Waals surface area contributed by atoms with E-state index in [1.165, 1.54) is 6.39 Å². The number of ether oxygens (including phenoxy) is 2. The number of carbonyl (C=O) groups is 1. The van der Waals surface area contributed by atoms with E-state index in [-0.39, 0.29) is 11.5 Å². The summed E-state index contributed by atoms with van der Waals surface area (Å²) in [6.07, 6.45) is 5.89. The Morgan fingerprint density at radius 3 is 2.96 bits per heavy atom. The largest absolute Gasteiger partial charge is 0.463 e. The van der Waals surface area contributed by atoms with Crippen LogP contribution < -0.4 is 4.74 Å². The molecule has 0 N–H and O–H groups in total. The number of hydrogen-bond acceptors (Lipinski definition) is 7. The molecule has 2 aliphatic heterocycles. The smallest absolute Gasteiger partial charge is 0.316 e. The van der Waals surface area contributed by atoms with Crippen molar-refractivity contribution in [3.05, 3.63) is 35.8 Å². The summed E-state index contributed by atoms with van der Waals surface area (Å²) in [7, 11) is 0. The normalized spacial score (nSPS) is 21.1. The number of rotatable bonds is 5. The number of carbonyl (C=O) groups excluding carboxylic acids is 1. The minimum absolute atomic E-state index is 0.110. The van der Waals surface area contributed by atoms with Gasteiger partial charge in [-0.3, -0.25) is 4.79 Å². The van der Waals surface area contributed by atoms with E-state index >= 15 is 0 Å². The number of hydrogen-bond donors (Lipinski definition) is 0. The van der Waals surface area contributed by atoms with Gasteiger partial charge in [-0.15, -0.1) is 0 Å². The number of nitrogens with zero attached hydrogens (tertiary/aromatic N) is 4. The van der Waals surface area contributed by atoms with E-state index in [2.05, 4.69) is 15.0 Å². The van der Waals surface area contributed by atoms with E-state index in [0.717, 1.165) is 31.6 Å². The summed E-state index contributed by atoms with van der Waals surface area (Å²) in [6, 6.07) is 2.28. The third kappa shape index (κ3) is 3.80. The number of aromatic nitrogens is 3. The van der Waals surface area contributed by atoms with Crippen molar-refractivity contribution in [1.29, 1.82) is 0 Å². The van der Waals surface area contributed by atoms with Crippen molar-refractivity contribution in [2.45, 2.75) is 38.7 Å². The maximum absolute atomic E-state index is 12.5. The van der Waals surface area contributed by atoms with E-state index < -0.39 is 0 Å². The number of amides is 1. The predicted molar refractivity (Wildman–Crippen MR) is 95.4 cm³/mol. The molecule has 0 aliphatic carbocycles. The van der Waals surface area contributed by atoms with Crippen LogP contribution in [0.3, 0.4) is 0 Å². The van der Waals surface area contributed by atoms with Gasteiger partial charge in [-0.2, -0.15) is 0 Å². The third-order valence-electron chi connectivity index (χ3n) is 5.31. The first kappa shape index (κ1) is 17.9. The van der Waals surface area contributed by atoms with Crippen molar-refractivity contribution in [3.63, 3.8) is 0 Å². The molecule has 2 aromatic heterocycles. The van der Waals surface area contributed by atoms with Crippen molar-refractivity contribution in [2.75, 3.05) is 26.3 Å². The quantitative estimate of drug-likeness (QED) is 0.794. The monoisotopic (exact) mass is 372 g/mol. The van der Waals surface area contributed by atoms with Crippen LogP contribution >= 0.6 is 0 Å². The number of oxazole rings is 1. The van der Waals surface area contributed by atoms with Gasteiger partial charge in [0, 0.05) is 18.5 Å². The van der Waals surface area contributed by atoms with E-state index in [9.17, 15) is 4.79 Å². The van der Waals surface area contributed by atoms with Gasteiger partial charge in [0.15, 0.2) is 6.39 Å². The highest BCUT2D eigenvalue weighted by molar-refractivity contribution is 5.93. The van der Waals surface area contributed by atoms with Crippen LogP contribution in [0.1, 0.15) is 41.2 Å². The van der Waals surface area contributed by atoms with E-state index in [4.69, 9.17) is 13.9 Å². The minimum atomic E-state index is -0.230. The highest BCUT2D eigenvalue weighted by atomic mass is 16.5. The summed E-state index contributed by atoms with van der Waals surface area (Å²) in [5.41, 5.74) is 1.29. The van der Waals surface area contributed by atoms with Gasteiger partial charge in [-0.25, -0.2) is 15.0 Å². The molecule has 8 heteroatoms. The molecule has 27 heavy (non-hydrogen) atoms. The Morgan fingerprint density at radius 2 is 2.22 bits per heavy atom. The fourth-order valence-corrected chi connectivity index (χ4v) is 3.85. The molecule has 0 aromatic carbocycles. The van der Waals surface area contributed by atoms with Gasteiger partial charge in [0.2, 0.25) is 5.76 Å². The molecule has 0 bridgehead atoms. The molecule has 1 atom stereocenters. The van der Waals surface area contributed by atoms with Gasteiger partial charge < -0.3 is 18.8 Å². The van der Waals surface area contributed by atoms with Gasteiger partial charge in [-0.1, -0.05) is 0 Å². The van der Waals surface area contributed by atoms with E-state index in [0.29, 0.717) is 43.1 Å². The lowest BCUT2D eigenvalue weighted by atomic mass is 9.79. The van der Waals surface area contributed by atoms with Crippen LogP contribution in [0.15, 0.2) is 23.1 Å². The molecular weight excluding hydrogens is 348 g/mol. The molecule has 4 rings (SSSR count). The highest BCUT2D eigenvalue weighted by Gasteiger charge is 2.49. The van der Waals surface area contributed by atoms with Crippen LogP contribution in [0, 0.1) is 19.8 Å². The van der Waals surface area contributed by atoms with Crippen LogP contribution in [0.25, 0.3) is 0 Å². The van der Waals surface area contributed by atoms with Crippen LogP contribution in [0.2, 0.25) is 0 Å². The molecule has 1 amide bonds. The second-order valence-corrected chi connectivity index (χ2v) is 7.44. The molecule has 0 saturated carbocycles. The first-order chi connectivity index (χ1) is 13.0. The van der Waals surface area contributed by atoms with Crippen LogP contribution in [0.5, 0.6) is 6.01 Å². The summed E-state index contributed by atoms with van der Waals surface area (Å²) in [5.74, 6) is 0.720. The molecule has 0 radical (unpaired) electrons. The zero-order chi connectivity index (χ0) is 18.9. The predicted octanol–water partition coefficient (Wildman–Crippen LogP) is 2.17. The Bertz CT molecular complexity index is 816. The lowest BCUT2D eigenvalue weighted by Crippen LogP contribution is -2.66. The minimum Gasteiger partial charge on any atom is -0.463 e. The Balaban J connectivity index is 1.26. The standard InChI is InChI=1S/C19H24N4O4/c1-13-3-6-20-18(22-13)25-7-4-15-5-8-27-19(9-15)10-23(11-19)17(24)16-14(2)21-12-26-16/h3,6,12,15H,4-5,7-11H2,1-2H3. The molecule has 2 saturated heterocycles. The lowest BCUT2D eigenvalue weighted by Gasteiger charge is -2.53. The fraction of sp³-hybridized carbons (Fsp3) is 0.579. The summed E-state index contributed by atoms with van der Waals surface area (Å²) in [6.45, 7) is 6.20. The van der Waals surface area contributed by atoms with Gasteiger partial charge in [0.25, 0.3) is 5.91 Å². The van der Waals surface area contributed by atoms with Gasteiger partial charge >= 0.3 is 6.01 Å². The molecule has 2 aliphatic rings. The SMILES string of the molecule is Cc1ccnc(OCCC2CCOC3(C2)CN(C(=O)c2ocnc2C)C3)n1. The van der Waals surface area contributed by atoms with Gasteiger partial charge in [0.1, 0.15) is 5.60 Å². The fourth-order valence-electron chi connectivity index (χ4n) is 3.85. The van der Waals surface area contributed by atoms with Crippen molar-refractivity contribution < 1.29 is 18.7 Å². The average molecular weight is 372 g/mol. The van der Waals surface area contributed by atoms with Gasteiger partial charge in [0.05, 0.1) is 25.4 Å². The van der Waals surface area contributed by atoms with Crippen molar-refractivity contribution >= 4 is 5.91 Å². The van der Waals surface area contributed by atoms with E-state index in [1.54, 1.807) is 18.0 Å². The van der Waals surface area contributed by atoms with Gasteiger partial charge in [-0.05, 0) is 45.1 Å². The molecule has 144 valence electrons. The molecule has 8 nitrogen and oxygen atoms in total.